The fourth-order valence-corrected chi connectivity index (χ4v) is 10.9. The predicted octanol–water partition coefficient (Wildman–Crippen LogP) is 16.5. The second-order valence-corrected chi connectivity index (χ2v) is 17.5. The van der Waals surface area contributed by atoms with Gasteiger partial charge in [0.1, 0.15) is 0 Å². The monoisotopic (exact) mass is 868 g/mol. The Morgan fingerprint density at radius 2 is 0.618 bits per heavy atom. The zero-order valence-electron chi connectivity index (χ0n) is 36.8. The number of pyridine rings is 2. The van der Waals surface area contributed by atoms with Crippen LogP contribution in [0, 0.1) is 0 Å². The van der Waals surface area contributed by atoms with Crippen LogP contribution in [0.4, 0.5) is 34.1 Å². The van der Waals surface area contributed by atoms with E-state index in [9.17, 15) is 0 Å². The molecule has 0 aliphatic carbocycles. The molecule has 10 aromatic carbocycles. The molecule has 0 spiro atoms. The first-order chi connectivity index (χ1) is 33.8. The summed E-state index contributed by atoms with van der Waals surface area (Å²) in [5, 5.41) is 12.1. The molecule has 6 nitrogen and oxygen atoms in total. The van der Waals surface area contributed by atoms with Crippen molar-refractivity contribution in [2.45, 2.75) is 0 Å². The molecule has 0 bridgehead atoms. The van der Waals surface area contributed by atoms with Crippen LogP contribution >= 0.6 is 0 Å². The third-order valence-electron chi connectivity index (χ3n) is 13.7. The average Bonchev–Trinajstić information content (AvgIpc) is 3.92. The summed E-state index contributed by atoms with van der Waals surface area (Å²) in [6, 6.07) is 78.5. The Morgan fingerprint density at radius 1 is 0.279 bits per heavy atom. The second kappa shape index (κ2) is 15.2. The van der Waals surface area contributed by atoms with E-state index >= 15 is 0 Å². The highest BCUT2D eigenvalue weighted by Gasteiger charge is 2.23. The van der Waals surface area contributed by atoms with Gasteiger partial charge in [-0.2, -0.15) is 0 Å². The van der Waals surface area contributed by atoms with Gasteiger partial charge in [-0.3, -0.25) is 9.97 Å². The predicted molar refractivity (Wildman–Crippen MR) is 284 cm³/mol. The molecule has 0 radical (unpaired) electrons. The van der Waals surface area contributed by atoms with Crippen molar-refractivity contribution in [2.75, 3.05) is 9.80 Å². The summed E-state index contributed by atoms with van der Waals surface area (Å²) in [5.41, 5.74) is 13.4. The average molecular weight is 869 g/mol. The maximum Gasteiger partial charge on any atom is 0.0572 e. The van der Waals surface area contributed by atoms with Crippen LogP contribution in [0.1, 0.15) is 0 Å². The fourth-order valence-electron chi connectivity index (χ4n) is 10.9. The van der Waals surface area contributed by atoms with Crippen molar-refractivity contribution in [1.82, 2.24) is 19.1 Å². The highest BCUT2D eigenvalue weighted by atomic mass is 15.1. The Morgan fingerprint density at radius 3 is 0.971 bits per heavy atom. The van der Waals surface area contributed by atoms with Crippen molar-refractivity contribution in [1.29, 1.82) is 0 Å². The molecular weight excluding hydrogens is 829 g/mol. The van der Waals surface area contributed by atoms with E-state index in [-0.39, 0.29) is 0 Å². The van der Waals surface area contributed by atoms with E-state index in [1.54, 1.807) is 0 Å². The molecule has 0 saturated heterocycles. The van der Waals surface area contributed by atoms with E-state index in [0.717, 1.165) is 78.3 Å². The molecule has 4 heterocycles. The molecule has 0 atom stereocenters. The van der Waals surface area contributed by atoms with Crippen LogP contribution in [0.2, 0.25) is 0 Å². The zero-order chi connectivity index (χ0) is 44.7. The molecule has 0 aliphatic heterocycles. The third-order valence-corrected chi connectivity index (χ3v) is 13.7. The second-order valence-electron chi connectivity index (χ2n) is 17.5. The molecule has 0 amide bonds. The standard InChI is InChI=1S/C62H40N6/c1-5-13-43(14-6-1)65(44-15-7-2-8-16-44)47-23-27-49(28-24-47)67-55-33-35-63-39-53(55)61-51-31-22-42-38-58-62(52-32-21-41(37-57(61)67)59(51)60(42)52)54-40-64-36-34-56(54)68(58)50-29-25-48(26-30-50)66(45-17-9-3-10-18-45)46-19-11-4-12-20-46/h1-40H. The fraction of sp³-hybridized carbons (Fsp3) is 0. The Hall–Kier alpha value is -9.26. The number of para-hydroxylation sites is 4. The van der Waals surface area contributed by atoms with Gasteiger partial charge in [0, 0.05) is 91.8 Å². The Kier molecular flexibility index (Phi) is 8.48. The van der Waals surface area contributed by atoms with E-state index in [0.29, 0.717) is 0 Å². The third kappa shape index (κ3) is 5.77. The molecule has 4 aromatic heterocycles. The van der Waals surface area contributed by atoms with Crippen LogP contribution in [0.5, 0.6) is 0 Å². The number of benzene rings is 10. The van der Waals surface area contributed by atoms with Crippen molar-refractivity contribution in [3.05, 3.63) is 243 Å². The van der Waals surface area contributed by atoms with Crippen molar-refractivity contribution in [3.63, 3.8) is 0 Å². The summed E-state index contributed by atoms with van der Waals surface area (Å²) in [4.78, 5) is 14.0. The van der Waals surface area contributed by atoms with Gasteiger partial charge in [0.25, 0.3) is 0 Å². The lowest BCUT2D eigenvalue weighted by atomic mass is 9.90. The number of aromatic nitrogens is 4. The summed E-state index contributed by atoms with van der Waals surface area (Å²) in [6.45, 7) is 0. The lowest BCUT2D eigenvalue weighted by Crippen LogP contribution is -2.09. The topological polar surface area (TPSA) is 42.1 Å². The molecule has 0 unspecified atom stereocenters. The number of anilines is 6. The lowest BCUT2D eigenvalue weighted by molar-refractivity contribution is 1.17. The SMILES string of the molecule is c1ccc(N(c2ccccc2)c2ccc(-n3c4ccncc4c4c5ccc6cc7c(c8ccc(cc43)c5c68)c3cnccc3n7-c3ccc(N(c4ccccc4)c4ccccc4)cc3)cc2)cc1. The van der Waals surface area contributed by atoms with E-state index < -0.39 is 0 Å². The first-order valence-electron chi connectivity index (χ1n) is 23.0. The number of hydrogen-bond donors (Lipinski definition) is 0. The smallest absolute Gasteiger partial charge is 0.0572 e. The van der Waals surface area contributed by atoms with E-state index in [4.69, 9.17) is 9.97 Å². The van der Waals surface area contributed by atoms with E-state index in [2.05, 4.69) is 237 Å². The molecule has 0 aliphatic rings. The molecule has 0 fully saturated rings. The summed E-state index contributed by atoms with van der Waals surface area (Å²) in [6.07, 6.45) is 7.88. The van der Waals surface area contributed by atoms with Crippen LogP contribution in [0.25, 0.3) is 87.3 Å². The Labute approximate surface area is 391 Å². The van der Waals surface area contributed by atoms with Crippen LogP contribution in [-0.4, -0.2) is 19.1 Å². The Balaban J connectivity index is 0.936. The number of hydrogen-bond acceptors (Lipinski definition) is 4. The van der Waals surface area contributed by atoms with Crippen molar-refractivity contribution in [3.8, 4) is 11.4 Å². The highest BCUT2D eigenvalue weighted by Crippen LogP contribution is 2.47. The molecule has 6 heteroatoms. The molecule has 0 N–H and O–H groups in total. The Bertz CT molecular complexity index is 3810. The molecule has 14 aromatic rings. The summed E-state index contributed by atoms with van der Waals surface area (Å²) in [5.74, 6) is 0. The normalized spacial score (nSPS) is 11.8. The number of fused-ring (bicyclic) bond motifs is 8. The first kappa shape index (κ1) is 38.1. The first-order valence-corrected chi connectivity index (χ1v) is 23.0. The van der Waals surface area contributed by atoms with E-state index in [1.165, 1.54) is 43.1 Å². The van der Waals surface area contributed by atoms with Gasteiger partial charge in [0.05, 0.1) is 22.1 Å². The van der Waals surface area contributed by atoms with E-state index in [1.807, 2.05) is 24.8 Å². The van der Waals surface area contributed by atoms with Gasteiger partial charge in [-0.05, 0) is 154 Å². The number of nitrogens with zero attached hydrogens (tertiary/aromatic N) is 6. The molecule has 0 saturated carbocycles. The maximum absolute atomic E-state index is 4.70. The summed E-state index contributed by atoms with van der Waals surface area (Å²) in [7, 11) is 0. The zero-order valence-corrected chi connectivity index (χ0v) is 36.8. The van der Waals surface area contributed by atoms with Crippen molar-refractivity contribution < 1.29 is 0 Å². The van der Waals surface area contributed by atoms with Crippen LogP contribution in [0.15, 0.2) is 243 Å². The van der Waals surface area contributed by atoms with Gasteiger partial charge in [0.15, 0.2) is 0 Å². The highest BCUT2D eigenvalue weighted by molar-refractivity contribution is 6.37. The van der Waals surface area contributed by atoms with Crippen molar-refractivity contribution >= 4 is 110 Å². The van der Waals surface area contributed by atoms with Gasteiger partial charge in [0.2, 0.25) is 0 Å². The minimum absolute atomic E-state index is 1.09. The molecular formula is C62H40N6. The molecule has 318 valence electrons. The van der Waals surface area contributed by atoms with Gasteiger partial charge >= 0.3 is 0 Å². The number of rotatable bonds is 8. The summed E-state index contributed by atoms with van der Waals surface area (Å²) >= 11 is 0. The lowest BCUT2D eigenvalue weighted by Gasteiger charge is -2.25. The van der Waals surface area contributed by atoms with Crippen molar-refractivity contribution in [2.24, 2.45) is 0 Å². The quantitative estimate of drug-likeness (QED) is 0.143. The van der Waals surface area contributed by atoms with Gasteiger partial charge in [-0.1, -0.05) is 97.1 Å². The maximum atomic E-state index is 4.70. The minimum Gasteiger partial charge on any atom is -0.311 e. The van der Waals surface area contributed by atoms with Crippen LogP contribution in [0.3, 0.4) is 0 Å². The van der Waals surface area contributed by atoms with Crippen LogP contribution in [-0.2, 0) is 0 Å². The minimum atomic E-state index is 1.09. The molecule has 68 heavy (non-hydrogen) atoms. The van der Waals surface area contributed by atoms with Gasteiger partial charge in [-0.25, -0.2) is 0 Å². The van der Waals surface area contributed by atoms with Gasteiger partial charge in [-0.15, -0.1) is 0 Å². The van der Waals surface area contributed by atoms with Gasteiger partial charge < -0.3 is 18.9 Å². The molecule has 14 rings (SSSR count). The largest absolute Gasteiger partial charge is 0.311 e. The van der Waals surface area contributed by atoms with Crippen LogP contribution < -0.4 is 9.80 Å². The summed E-state index contributed by atoms with van der Waals surface area (Å²) < 4.78 is 4.81.